The Balaban J connectivity index is 1.04. The van der Waals surface area contributed by atoms with E-state index < -0.39 is 0 Å². The van der Waals surface area contributed by atoms with E-state index in [1.165, 1.54) is 55.8 Å². The van der Waals surface area contributed by atoms with E-state index in [9.17, 15) is 0 Å². The Bertz CT molecular complexity index is 2410. The predicted molar refractivity (Wildman–Crippen MR) is 267 cm³/mol. The fourth-order valence-corrected chi connectivity index (χ4v) is 10.4. The molecule has 3 aromatic carbocycles. The molecule has 0 spiro atoms. The van der Waals surface area contributed by atoms with E-state index >= 15 is 0 Å². The Labute approximate surface area is 373 Å². The van der Waals surface area contributed by atoms with Gasteiger partial charge in [0.25, 0.3) is 0 Å². The summed E-state index contributed by atoms with van der Waals surface area (Å²) in [6.07, 6.45) is 51.7. The van der Waals surface area contributed by atoms with Gasteiger partial charge in [-0.1, -0.05) is 189 Å². The number of rotatable bonds is 19. The number of hydrogen-bond donors (Lipinski definition) is 0. The molecule has 0 heterocycles. The van der Waals surface area contributed by atoms with E-state index in [2.05, 4.69) is 188 Å². The van der Waals surface area contributed by atoms with E-state index in [4.69, 9.17) is 13.2 Å². The molecule has 1 heteroatoms. The molecule has 0 aliphatic heterocycles. The van der Waals surface area contributed by atoms with Gasteiger partial charge in [-0.2, -0.15) is 0 Å². The van der Waals surface area contributed by atoms with Crippen molar-refractivity contribution < 1.29 is 0 Å². The second-order valence-corrected chi connectivity index (χ2v) is 17.8. The largest absolute Gasteiger partial charge is 0.339 e. The zero-order valence-electron chi connectivity index (χ0n) is 36.8. The molecular formula is C61H65N. The van der Waals surface area contributed by atoms with Crippen LogP contribution < -0.4 is 0 Å². The number of aryl methyl sites for hydroxylation is 1. The van der Waals surface area contributed by atoms with Gasteiger partial charge in [0.1, 0.15) is 0 Å². The summed E-state index contributed by atoms with van der Waals surface area (Å²) in [6.45, 7) is 17.6. The van der Waals surface area contributed by atoms with Crippen molar-refractivity contribution in [3.05, 3.63) is 252 Å². The summed E-state index contributed by atoms with van der Waals surface area (Å²) in [5.74, 6) is 1.46. The Hall–Kier alpha value is -5.92. The lowest BCUT2D eigenvalue weighted by Gasteiger charge is -2.38. The lowest BCUT2D eigenvalue weighted by atomic mass is 9.76. The van der Waals surface area contributed by atoms with Crippen LogP contribution >= 0.6 is 0 Å². The van der Waals surface area contributed by atoms with Gasteiger partial charge in [-0.15, -0.1) is 13.2 Å². The first-order valence-corrected chi connectivity index (χ1v) is 23.3. The quantitative estimate of drug-likeness (QED) is 0.0861. The fourth-order valence-electron chi connectivity index (χ4n) is 10.4. The molecule has 314 valence electrons. The normalized spacial score (nSPS) is 23.3. The Morgan fingerprint density at radius 2 is 1.60 bits per heavy atom. The molecule has 1 nitrogen and oxygen atoms in total. The molecule has 0 fully saturated rings. The first-order chi connectivity index (χ1) is 30.5. The van der Waals surface area contributed by atoms with Crippen molar-refractivity contribution in [1.29, 1.82) is 0 Å². The maximum atomic E-state index is 4.91. The Morgan fingerprint density at radius 1 is 0.790 bits per heavy atom. The van der Waals surface area contributed by atoms with Crippen LogP contribution in [0.3, 0.4) is 0 Å². The van der Waals surface area contributed by atoms with Gasteiger partial charge in [-0.3, -0.25) is 0 Å². The highest BCUT2D eigenvalue weighted by atomic mass is 15.2. The second-order valence-electron chi connectivity index (χ2n) is 17.8. The van der Waals surface area contributed by atoms with Crippen molar-refractivity contribution >= 4 is 11.6 Å². The zero-order chi connectivity index (χ0) is 42.7. The third-order valence-electron chi connectivity index (χ3n) is 13.9. The van der Waals surface area contributed by atoms with Gasteiger partial charge in [-0.25, -0.2) is 0 Å². The molecule has 0 bridgehead atoms. The average Bonchev–Trinajstić information content (AvgIpc) is 3.65. The highest BCUT2D eigenvalue weighted by Gasteiger charge is 2.37. The van der Waals surface area contributed by atoms with Crippen LogP contribution in [-0.4, -0.2) is 10.9 Å². The number of nitrogens with zero attached hydrogens (tertiary/aromatic N) is 1. The molecule has 0 saturated heterocycles. The van der Waals surface area contributed by atoms with Crippen LogP contribution in [0.15, 0.2) is 219 Å². The second kappa shape index (κ2) is 20.3. The van der Waals surface area contributed by atoms with Gasteiger partial charge in [0.15, 0.2) is 0 Å². The maximum Gasteiger partial charge on any atom is 0.0574 e. The van der Waals surface area contributed by atoms with Crippen molar-refractivity contribution in [1.82, 2.24) is 4.90 Å². The number of hydrogen-bond acceptors (Lipinski definition) is 1. The summed E-state index contributed by atoms with van der Waals surface area (Å²) in [6, 6.07) is 27.3. The summed E-state index contributed by atoms with van der Waals surface area (Å²) in [7, 11) is 0. The fraction of sp³-hybridized carbons (Fsp3) is 0.279. The minimum absolute atomic E-state index is 0.152. The van der Waals surface area contributed by atoms with Crippen molar-refractivity contribution in [2.75, 3.05) is 0 Å². The third kappa shape index (κ3) is 9.59. The minimum Gasteiger partial charge on any atom is -0.339 e. The number of benzene rings is 3. The molecule has 0 amide bonds. The van der Waals surface area contributed by atoms with Gasteiger partial charge in [0.2, 0.25) is 0 Å². The van der Waals surface area contributed by atoms with Crippen LogP contribution in [0.2, 0.25) is 0 Å². The highest BCUT2D eigenvalue weighted by Crippen LogP contribution is 2.48. The van der Waals surface area contributed by atoms with E-state index in [1.807, 2.05) is 6.08 Å². The van der Waals surface area contributed by atoms with Gasteiger partial charge in [-0.05, 0) is 139 Å². The average molecular weight is 812 g/mol. The topological polar surface area (TPSA) is 3.24 Å². The molecule has 5 aliphatic carbocycles. The smallest absolute Gasteiger partial charge is 0.0574 e. The Kier molecular flexibility index (Phi) is 14.0. The third-order valence-corrected chi connectivity index (χ3v) is 13.9. The first kappa shape index (κ1) is 42.8. The lowest BCUT2D eigenvalue weighted by molar-refractivity contribution is 0.353. The van der Waals surface area contributed by atoms with Crippen molar-refractivity contribution in [3.63, 3.8) is 0 Å². The zero-order valence-corrected chi connectivity index (χ0v) is 36.8. The molecule has 5 aliphatic rings. The first-order valence-electron chi connectivity index (χ1n) is 23.3. The predicted octanol–water partition coefficient (Wildman–Crippen LogP) is 16.0. The van der Waals surface area contributed by atoms with Crippen LogP contribution in [0, 0.1) is 11.8 Å². The molecule has 0 aromatic heterocycles. The highest BCUT2D eigenvalue weighted by molar-refractivity contribution is 5.80. The minimum atomic E-state index is -0.312. The number of unbranched alkanes of at least 4 members (excludes halogenated alkanes) is 1. The molecule has 62 heavy (non-hydrogen) atoms. The molecular weight excluding hydrogens is 747 g/mol. The summed E-state index contributed by atoms with van der Waals surface area (Å²) in [5, 5.41) is 0. The van der Waals surface area contributed by atoms with Gasteiger partial charge >= 0.3 is 0 Å². The monoisotopic (exact) mass is 812 g/mol. The van der Waals surface area contributed by atoms with Crippen molar-refractivity contribution in [2.24, 2.45) is 11.8 Å². The molecule has 8 rings (SSSR count). The van der Waals surface area contributed by atoms with Crippen LogP contribution in [0.5, 0.6) is 0 Å². The van der Waals surface area contributed by atoms with Gasteiger partial charge < -0.3 is 4.90 Å². The van der Waals surface area contributed by atoms with E-state index in [0.29, 0.717) is 17.8 Å². The van der Waals surface area contributed by atoms with E-state index in [-0.39, 0.29) is 11.5 Å². The van der Waals surface area contributed by atoms with E-state index in [1.54, 1.807) is 0 Å². The van der Waals surface area contributed by atoms with Crippen molar-refractivity contribution in [3.8, 4) is 0 Å². The molecule has 0 N–H and O–H groups in total. The standard InChI is InChI=1S/C61H65N/c1-5-7-9-19-42-61(56-27-11-10-12-28-56)45-55(59-30-17-18-31-60(59)61)35-33-47(4)62(57-40-38-51(39-41-57)54-37-36-50-24-15-16-25-53(50)43-54)58-29-20-26-52(44-58)46(3)32-34-49-23-14-13-22-48(49)21-8-6-2/h5-6,10-14,16-20,22-23,25-31,36-38,40-43,45,48-49,51,58H,1-4,7-9,15,21,24,32-35,39,44H2/b42-19+. The maximum absolute atomic E-state index is 4.91. The van der Waals surface area contributed by atoms with Crippen LogP contribution in [0.25, 0.3) is 11.6 Å². The lowest BCUT2D eigenvalue weighted by Crippen LogP contribution is -2.34. The summed E-state index contributed by atoms with van der Waals surface area (Å²) < 4.78 is 0. The summed E-state index contributed by atoms with van der Waals surface area (Å²) >= 11 is 0. The van der Waals surface area contributed by atoms with Crippen LogP contribution in [0.1, 0.15) is 110 Å². The van der Waals surface area contributed by atoms with Crippen LogP contribution in [-0.2, 0) is 11.8 Å². The molecule has 0 saturated carbocycles. The molecule has 0 radical (unpaired) electrons. The molecule has 3 aromatic rings. The van der Waals surface area contributed by atoms with E-state index in [0.717, 1.165) is 82.7 Å². The van der Waals surface area contributed by atoms with Gasteiger partial charge in [0, 0.05) is 17.3 Å². The van der Waals surface area contributed by atoms with Crippen LogP contribution in [0.4, 0.5) is 0 Å². The summed E-state index contributed by atoms with van der Waals surface area (Å²) in [4.78, 5) is 2.56. The van der Waals surface area contributed by atoms with Gasteiger partial charge in [0.05, 0.1) is 11.5 Å². The SMILES string of the molecule is C=CCC/C=C/C1(c2ccccc2)C=C(CCC(=C)N(C2=CCC(c3ccc4c(c3)C=CCC4)C=C2)C2C=CC=C(C(=C)CCC3C=CC=CC3CCC=C)C2)c2ccccc21. The number of fused-ring (bicyclic) bond motifs is 2. The molecule has 5 unspecified atom stereocenters. The molecule has 5 atom stereocenters. The summed E-state index contributed by atoms with van der Waals surface area (Å²) in [5.41, 5.74) is 14.3. The number of allylic oxidation sites excluding steroid dienone is 18. The van der Waals surface area contributed by atoms with Crippen molar-refractivity contribution in [2.45, 2.75) is 94.4 Å². The Morgan fingerprint density at radius 3 is 2.40 bits per heavy atom.